The Morgan fingerprint density at radius 3 is 2.60 bits per heavy atom. The summed E-state index contributed by atoms with van der Waals surface area (Å²) in [6.45, 7) is 4.06. The van der Waals surface area contributed by atoms with Gasteiger partial charge in [-0.1, -0.05) is 29.8 Å². The quantitative estimate of drug-likeness (QED) is 0.758. The van der Waals surface area contributed by atoms with Gasteiger partial charge in [-0.25, -0.2) is 9.97 Å². The number of nitrogens with zero attached hydrogens (tertiary/aromatic N) is 3. The fourth-order valence-electron chi connectivity index (χ4n) is 2.59. The summed E-state index contributed by atoms with van der Waals surface area (Å²) in [4.78, 5) is 33.2. The second kappa shape index (κ2) is 6.35. The van der Waals surface area contributed by atoms with Crippen molar-refractivity contribution in [3.8, 4) is 17.1 Å². The van der Waals surface area contributed by atoms with Gasteiger partial charge in [0.15, 0.2) is 5.82 Å². The SMILES string of the molecule is CCNC(=O)c1c(O)c2cnc(-c3ccc(C)cc3)nc2n(C)c1=O. The fraction of sp³-hybridized carbons (Fsp3) is 0.222. The van der Waals surface area contributed by atoms with E-state index in [9.17, 15) is 14.7 Å². The van der Waals surface area contributed by atoms with Gasteiger partial charge in [0.1, 0.15) is 17.0 Å². The molecule has 2 heterocycles. The second-order valence-electron chi connectivity index (χ2n) is 5.74. The monoisotopic (exact) mass is 338 g/mol. The maximum atomic E-state index is 12.5. The van der Waals surface area contributed by atoms with E-state index in [1.165, 1.54) is 17.8 Å². The molecule has 0 bridgehead atoms. The molecule has 1 amide bonds. The number of hydrogen-bond donors (Lipinski definition) is 2. The molecule has 1 aromatic carbocycles. The largest absolute Gasteiger partial charge is 0.506 e. The topological polar surface area (TPSA) is 97.1 Å². The zero-order valence-corrected chi connectivity index (χ0v) is 14.2. The van der Waals surface area contributed by atoms with Crippen molar-refractivity contribution in [3.63, 3.8) is 0 Å². The van der Waals surface area contributed by atoms with Crippen molar-refractivity contribution in [2.75, 3.05) is 6.54 Å². The van der Waals surface area contributed by atoms with Crippen LogP contribution in [0.5, 0.6) is 5.75 Å². The molecule has 0 fully saturated rings. The van der Waals surface area contributed by atoms with Crippen molar-refractivity contribution in [2.45, 2.75) is 13.8 Å². The van der Waals surface area contributed by atoms with Gasteiger partial charge in [0, 0.05) is 25.4 Å². The Kier molecular flexibility index (Phi) is 4.22. The van der Waals surface area contributed by atoms with Crippen molar-refractivity contribution in [1.82, 2.24) is 19.9 Å². The molecule has 0 spiro atoms. The Labute approximate surface area is 144 Å². The fourth-order valence-corrected chi connectivity index (χ4v) is 2.59. The van der Waals surface area contributed by atoms with E-state index in [0.29, 0.717) is 12.4 Å². The van der Waals surface area contributed by atoms with Gasteiger partial charge < -0.3 is 10.4 Å². The number of aromatic hydroxyl groups is 1. The predicted molar refractivity (Wildman–Crippen MR) is 94.6 cm³/mol. The van der Waals surface area contributed by atoms with Gasteiger partial charge in [-0.15, -0.1) is 0 Å². The molecule has 2 aromatic heterocycles. The first-order valence-corrected chi connectivity index (χ1v) is 7.88. The Balaban J connectivity index is 2.23. The van der Waals surface area contributed by atoms with Crippen LogP contribution in [0.25, 0.3) is 22.4 Å². The van der Waals surface area contributed by atoms with Crippen LogP contribution in [0.4, 0.5) is 0 Å². The Bertz CT molecular complexity index is 1020. The zero-order chi connectivity index (χ0) is 18.1. The number of fused-ring (bicyclic) bond motifs is 1. The van der Waals surface area contributed by atoms with Crippen LogP contribution in [-0.4, -0.2) is 32.1 Å². The maximum absolute atomic E-state index is 12.5. The van der Waals surface area contributed by atoms with Crippen molar-refractivity contribution in [3.05, 3.63) is 51.9 Å². The number of hydrogen-bond acceptors (Lipinski definition) is 5. The summed E-state index contributed by atoms with van der Waals surface area (Å²) < 4.78 is 1.25. The van der Waals surface area contributed by atoms with E-state index < -0.39 is 17.2 Å². The van der Waals surface area contributed by atoms with Gasteiger partial charge in [0.25, 0.3) is 11.5 Å². The van der Waals surface area contributed by atoms with Crippen LogP contribution < -0.4 is 10.9 Å². The first kappa shape index (κ1) is 16.6. The third kappa shape index (κ3) is 2.84. The molecule has 7 nitrogen and oxygen atoms in total. The highest BCUT2D eigenvalue weighted by atomic mass is 16.3. The molecule has 0 saturated heterocycles. The van der Waals surface area contributed by atoms with E-state index in [2.05, 4.69) is 15.3 Å². The smallest absolute Gasteiger partial charge is 0.268 e. The number of nitrogens with one attached hydrogen (secondary N) is 1. The van der Waals surface area contributed by atoms with Gasteiger partial charge in [0.05, 0.1) is 5.39 Å². The molecular weight excluding hydrogens is 320 g/mol. The van der Waals surface area contributed by atoms with Crippen LogP contribution in [0, 0.1) is 6.92 Å². The lowest BCUT2D eigenvalue weighted by Gasteiger charge is -2.11. The van der Waals surface area contributed by atoms with Crippen molar-refractivity contribution >= 4 is 16.9 Å². The molecule has 0 aliphatic rings. The molecule has 0 atom stereocenters. The van der Waals surface area contributed by atoms with Crippen LogP contribution in [0.1, 0.15) is 22.8 Å². The number of rotatable bonds is 3. The maximum Gasteiger partial charge on any atom is 0.268 e. The van der Waals surface area contributed by atoms with Crippen LogP contribution in [0.15, 0.2) is 35.3 Å². The van der Waals surface area contributed by atoms with E-state index in [1.54, 1.807) is 6.92 Å². The summed E-state index contributed by atoms with van der Waals surface area (Å²) in [5.41, 5.74) is 1.27. The average molecular weight is 338 g/mol. The van der Waals surface area contributed by atoms with Gasteiger partial charge in [-0.3, -0.25) is 14.2 Å². The Morgan fingerprint density at radius 2 is 1.96 bits per heavy atom. The third-order valence-corrected chi connectivity index (χ3v) is 3.97. The highest BCUT2D eigenvalue weighted by Gasteiger charge is 2.22. The predicted octanol–water partition coefficient (Wildman–Crippen LogP) is 1.76. The number of benzene rings is 1. The minimum Gasteiger partial charge on any atom is -0.506 e. The summed E-state index contributed by atoms with van der Waals surface area (Å²) in [6.07, 6.45) is 1.43. The van der Waals surface area contributed by atoms with Crippen LogP contribution >= 0.6 is 0 Å². The average Bonchev–Trinajstić information content (AvgIpc) is 2.60. The van der Waals surface area contributed by atoms with Gasteiger partial charge >= 0.3 is 0 Å². The lowest BCUT2D eigenvalue weighted by Crippen LogP contribution is -2.32. The first-order valence-electron chi connectivity index (χ1n) is 7.88. The summed E-state index contributed by atoms with van der Waals surface area (Å²) in [7, 11) is 1.51. The molecule has 7 heteroatoms. The highest BCUT2D eigenvalue weighted by Crippen LogP contribution is 2.26. The minimum absolute atomic E-state index is 0.249. The van der Waals surface area contributed by atoms with Crippen LogP contribution in [-0.2, 0) is 7.05 Å². The highest BCUT2D eigenvalue weighted by molar-refractivity contribution is 6.01. The van der Waals surface area contributed by atoms with E-state index in [0.717, 1.165) is 11.1 Å². The summed E-state index contributed by atoms with van der Waals surface area (Å²) in [6, 6.07) is 7.66. The third-order valence-electron chi connectivity index (χ3n) is 3.97. The summed E-state index contributed by atoms with van der Waals surface area (Å²) >= 11 is 0. The number of aryl methyl sites for hydroxylation is 2. The van der Waals surface area contributed by atoms with Gasteiger partial charge in [-0.2, -0.15) is 0 Å². The number of carbonyl (C=O) groups is 1. The number of pyridine rings is 1. The van der Waals surface area contributed by atoms with Crippen LogP contribution in [0.3, 0.4) is 0 Å². The van der Waals surface area contributed by atoms with Crippen LogP contribution in [0.2, 0.25) is 0 Å². The summed E-state index contributed by atoms with van der Waals surface area (Å²) in [5, 5.41) is 13.2. The first-order chi connectivity index (χ1) is 11.9. The molecule has 0 unspecified atom stereocenters. The number of amides is 1. The normalized spacial score (nSPS) is 10.8. The molecule has 0 radical (unpaired) electrons. The molecule has 128 valence electrons. The molecule has 0 aliphatic heterocycles. The number of carbonyl (C=O) groups excluding carboxylic acids is 1. The standard InChI is InChI=1S/C18H18N4O3/c1-4-19-17(24)13-14(23)12-9-20-15(11-7-5-10(2)6-8-11)21-16(12)22(3)18(13)25/h5-9,23H,4H2,1-3H3,(H,19,24). The van der Waals surface area contributed by atoms with Gasteiger partial charge in [0.2, 0.25) is 0 Å². The molecule has 3 aromatic rings. The van der Waals surface area contributed by atoms with E-state index in [1.807, 2.05) is 31.2 Å². The molecule has 0 saturated carbocycles. The van der Waals surface area contributed by atoms with E-state index in [-0.39, 0.29) is 16.6 Å². The Hall–Kier alpha value is -3.22. The molecule has 2 N–H and O–H groups in total. The number of aromatic nitrogens is 3. The van der Waals surface area contributed by atoms with E-state index in [4.69, 9.17) is 0 Å². The summed E-state index contributed by atoms with van der Waals surface area (Å²) in [5.74, 6) is -0.586. The molecular formula is C18H18N4O3. The minimum atomic E-state index is -0.620. The van der Waals surface area contributed by atoms with E-state index >= 15 is 0 Å². The van der Waals surface area contributed by atoms with Gasteiger partial charge in [-0.05, 0) is 13.8 Å². The van der Waals surface area contributed by atoms with Crippen molar-refractivity contribution < 1.29 is 9.90 Å². The molecule has 25 heavy (non-hydrogen) atoms. The Morgan fingerprint density at radius 1 is 1.28 bits per heavy atom. The zero-order valence-electron chi connectivity index (χ0n) is 14.2. The van der Waals surface area contributed by atoms with Crippen molar-refractivity contribution in [2.24, 2.45) is 7.05 Å². The van der Waals surface area contributed by atoms with Crippen molar-refractivity contribution in [1.29, 1.82) is 0 Å². The second-order valence-corrected chi connectivity index (χ2v) is 5.74. The lowest BCUT2D eigenvalue weighted by atomic mass is 10.1. The molecule has 0 aliphatic carbocycles. The molecule has 3 rings (SSSR count). The lowest BCUT2D eigenvalue weighted by molar-refractivity contribution is 0.0951.